The maximum absolute atomic E-state index is 12.5. The van der Waals surface area contributed by atoms with Crippen LogP contribution in [0.15, 0.2) is 65.5 Å². The lowest BCUT2D eigenvalue weighted by molar-refractivity contribution is 0.0938. The van der Waals surface area contributed by atoms with Crippen LogP contribution in [-0.4, -0.2) is 17.7 Å². The van der Waals surface area contributed by atoms with E-state index in [4.69, 9.17) is 9.47 Å². The van der Waals surface area contributed by atoms with Crippen LogP contribution >= 0.6 is 0 Å². The molecule has 0 radical (unpaired) electrons. The summed E-state index contributed by atoms with van der Waals surface area (Å²) in [5.41, 5.74) is 2.07. The Kier molecular flexibility index (Phi) is 4.38. The molecule has 1 amide bonds. The highest BCUT2D eigenvalue weighted by Crippen LogP contribution is 2.34. The molecule has 3 aromatic rings. The number of carbonyl (C=O) groups excluding carboxylic acids is 1. The van der Waals surface area contributed by atoms with Crippen molar-refractivity contribution in [2.24, 2.45) is 0 Å². The van der Waals surface area contributed by atoms with E-state index in [1.54, 1.807) is 12.1 Å². The van der Waals surface area contributed by atoms with Crippen LogP contribution in [0.1, 0.15) is 28.9 Å². The van der Waals surface area contributed by atoms with Crippen molar-refractivity contribution in [3.05, 3.63) is 82.1 Å². The van der Waals surface area contributed by atoms with Gasteiger partial charge in [0.2, 0.25) is 6.79 Å². The Labute approximate surface area is 155 Å². The summed E-state index contributed by atoms with van der Waals surface area (Å²) in [6, 6.07) is 18.0. The van der Waals surface area contributed by atoms with Gasteiger partial charge in [0.15, 0.2) is 11.5 Å². The summed E-state index contributed by atoms with van der Waals surface area (Å²) < 4.78 is 10.7. The lowest BCUT2D eigenvalue weighted by Crippen LogP contribution is -2.31. The second-order valence-corrected chi connectivity index (χ2v) is 6.29. The Morgan fingerprint density at radius 3 is 2.59 bits per heavy atom. The Balaban J connectivity index is 1.52. The van der Waals surface area contributed by atoms with Crippen molar-refractivity contribution < 1.29 is 14.3 Å². The van der Waals surface area contributed by atoms with Crippen LogP contribution < -0.4 is 20.3 Å². The topological polar surface area (TPSA) is 80.4 Å². The van der Waals surface area contributed by atoms with E-state index in [0.29, 0.717) is 17.2 Å². The third-order valence-corrected chi connectivity index (χ3v) is 4.48. The van der Waals surface area contributed by atoms with Gasteiger partial charge in [-0.05, 0) is 42.3 Å². The molecule has 4 rings (SSSR count). The zero-order chi connectivity index (χ0) is 18.8. The van der Waals surface area contributed by atoms with Gasteiger partial charge in [0.05, 0.1) is 6.04 Å². The van der Waals surface area contributed by atoms with Crippen molar-refractivity contribution in [3.8, 4) is 22.8 Å². The zero-order valence-corrected chi connectivity index (χ0v) is 14.7. The van der Waals surface area contributed by atoms with Crippen LogP contribution in [0.4, 0.5) is 0 Å². The minimum Gasteiger partial charge on any atom is -0.454 e. The van der Waals surface area contributed by atoms with Gasteiger partial charge in [0, 0.05) is 5.69 Å². The first-order chi connectivity index (χ1) is 13.1. The van der Waals surface area contributed by atoms with E-state index in [2.05, 4.69) is 10.3 Å². The van der Waals surface area contributed by atoms with Crippen molar-refractivity contribution in [3.63, 3.8) is 0 Å². The van der Waals surface area contributed by atoms with E-state index >= 15 is 0 Å². The fraction of sp³-hybridized carbons (Fsp3) is 0.143. The summed E-state index contributed by atoms with van der Waals surface area (Å²) in [5.74, 6) is 0.907. The highest BCUT2D eigenvalue weighted by Gasteiger charge is 2.18. The second kappa shape index (κ2) is 6.99. The molecule has 0 bridgehead atoms. The molecule has 1 unspecified atom stereocenters. The van der Waals surface area contributed by atoms with Crippen molar-refractivity contribution >= 4 is 5.91 Å². The van der Waals surface area contributed by atoms with E-state index in [9.17, 15) is 9.59 Å². The molecule has 0 aliphatic carbocycles. The molecule has 0 spiro atoms. The number of pyridine rings is 1. The average molecular weight is 362 g/mol. The number of amides is 1. The summed E-state index contributed by atoms with van der Waals surface area (Å²) in [6.07, 6.45) is 0. The molecule has 1 aliphatic heterocycles. The molecule has 2 N–H and O–H groups in total. The summed E-state index contributed by atoms with van der Waals surface area (Å²) in [6.45, 7) is 2.05. The van der Waals surface area contributed by atoms with Gasteiger partial charge in [-0.25, -0.2) is 0 Å². The third-order valence-electron chi connectivity index (χ3n) is 4.48. The van der Waals surface area contributed by atoms with E-state index < -0.39 is 11.5 Å². The molecule has 2 heterocycles. The van der Waals surface area contributed by atoms with Gasteiger partial charge < -0.3 is 19.8 Å². The first-order valence-corrected chi connectivity index (χ1v) is 8.61. The zero-order valence-electron chi connectivity index (χ0n) is 14.7. The number of aromatic amines is 1. The number of fused-ring (bicyclic) bond motifs is 1. The number of H-pyrrole nitrogens is 1. The van der Waals surface area contributed by atoms with Crippen LogP contribution in [0.25, 0.3) is 11.3 Å². The first kappa shape index (κ1) is 16.9. The quantitative estimate of drug-likeness (QED) is 0.746. The molecule has 136 valence electrons. The summed E-state index contributed by atoms with van der Waals surface area (Å²) in [4.78, 5) is 27.7. The third kappa shape index (κ3) is 3.42. The summed E-state index contributed by atoms with van der Waals surface area (Å²) in [5, 5.41) is 2.85. The predicted octanol–water partition coefficient (Wildman–Crippen LogP) is 3.26. The van der Waals surface area contributed by atoms with Crippen molar-refractivity contribution in [2.45, 2.75) is 13.0 Å². The molecule has 27 heavy (non-hydrogen) atoms. The Morgan fingerprint density at radius 2 is 1.81 bits per heavy atom. The van der Waals surface area contributed by atoms with Gasteiger partial charge in [0.25, 0.3) is 11.5 Å². The molecule has 1 atom stereocenters. The second-order valence-electron chi connectivity index (χ2n) is 6.29. The fourth-order valence-electron chi connectivity index (χ4n) is 2.98. The standard InChI is InChI=1S/C21H18N2O4/c1-13(15-7-10-18-19(11-15)27-12-26-18)22-20(24)16-8-9-17(23-21(16)25)14-5-3-2-4-6-14/h2-11,13H,12H2,1H3,(H,22,24)(H,23,25). The number of carbonyl (C=O) groups is 1. The highest BCUT2D eigenvalue weighted by molar-refractivity contribution is 5.94. The molecule has 0 fully saturated rings. The minimum atomic E-state index is -0.430. The minimum absolute atomic E-state index is 0.0716. The fourth-order valence-corrected chi connectivity index (χ4v) is 2.98. The first-order valence-electron chi connectivity index (χ1n) is 8.61. The van der Waals surface area contributed by atoms with Crippen molar-refractivity contribution in [1.29, 1.82) is 0 Å². The van der Waals surface area contributed by atoms with Crippen LogP contribution in [0.5, 0.6) is 11.5 Å². The summed E-state index contributed by atoms with van der Waals surface area (Å²) in [7, 11) is 0. The molecular weight excluding hydrogens is 344 g/mol. The molecule has 1 aromatic heterocycles. The lowest BCUT2D eigenvalue weighted by atomic mass is 10.1. The van der Waals surface area contributed by atoms with Crippen molar-refractivity contribution in [1.82, 2.24) is 10.3 Å². The van der Waals surface area contributed by atoms with Gasteiger partial charge in [-0.1, -0.05) is 36.4 Å². The summed E-state index contributed by atoms with van der Waals surface area (Å²) >= 11 is 0. The Morgan fingerprint density at radius 1 is 1.04 bits per heavy atom. The number of ether oxygens (including phenoxy) is 2. The number of nitrogens with one attached hydrogen (secondary N) is 2. The van der Waals surface area contributed by atoms with Crippen molar-refractivity contribution in [2.75, 3.05) is 6.79 Å². The Hall–Kier alpha value is -3.54. The van der Waals surface area contributed by atoms with Gasteiger partial charge in [0.1, 0.15) is 5.56 Å². The van der Waals surface area contributed by atoms with Crippen LogP contribution in [-0.2, 0) is 0 Å². The number of aromatic nitrogens is 1. The molecule has 6 nitrogen and oxygen atoms in total. The van der Waals surface area contributed by atoms with Gasteiger partial charge in [-0.2, -0.15) is 0 Å². The lowest BCUT2D eigenvalue weighted by Gasteiger charge is -2.15. The van der Waals surface area contributed by atoms with Crippen LogP contribution in [0.2, 0.25) is 0 Å². The SMILES string of the molecule is CC(NC(=O)c1ccc(-c2ccccc2)[nH]c1=O)c1ccc2c(c1)OCO2. The number of hydrogen-bond acceptors (Lipinski definition) is 4. The predicted molar refractivity (Wildman–Crippen MR) is 101 cm³/mol. The Bertz CT molecular complexity index is 1040. The molecular formula is C21H18N2O4. The van der Waals surface area contributed by atoms with E-state index in [1.807, 2.05) is 55.5 Å². The van der Waals surface area contributed by atoms with Gasteiger partial charge >= 0.3 is 0 Å². The van der Waals surface area contributed by atoms with Gasteiger partial charge in [-0.15, -0.1) is 0 Å². The molecule has 1 aliphatic rings. The maximum Gasteiger partial charge on any atom is 0.261 e. The maximum atomic E-state index is 12.5. The number of hydrogen-bond donors (Lipinski definition) is 2. The van der Waals surface area contributed by atoms with E-state index in [0.717, 1.165) is 11.1 Å². The van der Waals surface area contributed by atoms with Crippen LogP contribution in [0.3, 0.4) is 0 Å². The number of rotatable bonds is 4. The number of benzene rings is 2. The molecule has 0 saturated carbocycles. The van der Waals surface area contributed by atoms with E-state index in [1.165, 1.54) is 0 Å². The normalized spacial score (nSPS) is 13.2. The molecule has 2 aromatic carbocycles. The van der Waals surface area contributed by atoms with Crippen LogP contribution in [0, 0.1) is 0 Å². The van der Waals surface area contributed by atoms with Gasteiger partial charge in [-0.3, -0.25) is 9.59 Å². The monoisotopic (exact) mass is 362 g/mol. The highest BCUT2D eigenvalue weighted by atomic mass is 16.7. The molecule has 0 saturated heterocycles. The smallest absolute Gasteiger partial charge is 0.261 e. The largest absolute Gasteiger partial charge is 0.454 e. The van der Waals surface area contributed by atoms with E-state index in [-0.39, 0.29) is 18.4 Å². The average Bonchev–Trinajstić information content (AvgIpc) is 3.16. The molecule has 6 heteroatoms.